The summed E-state index contributed by atoms with van der Waals surface area (Å²) in [5, 5.41) is 0. The van der Waals surface area contributed by atoms with Crippen LogP contribution in [0.3, 0.4) is 0 Å². The summed E-state index contributed by atoms with van der Waals surface area (Å²) < 4.78 is 18.0. The van der Waals surface area contributed by atoms with Crippen LogP contribution < -0.4 is 0 Å². The standard InChI is InChI=1S/C12H28O5Si4/c1-8-21(11-9-10-15-12(2)13)16-19(5,6)20(7,17-21)18(3,4)14/h8,14H,1,9-11H2,2-7H3. The Morgan fingerprint density at radius 3 is 2.29 bits per heavy atom. The molecule has 1 heterocycles. The summed E-state index contributed by atoms with van der Waals surface area (Å²) in [6, 6.07) is 0.729. The highest BCUT2D eigenvalue weighted by Crippen LogP contribution is 2.42. The molecule has 0 aromatic rings. The van der Waals surface area contributed by atoms with Crippen LogP contribution in [-0.4, -0.2) is 49.0 Å². The van der Waals surface area contributed by atoms with Crippen molar-refractivity contribution >= 4 is 37.6 Å². The molecular weight excluding hydrogens is 336 g/mol. The van der Waals surface area contributed by atoms with Gasteiger partial charge >= 0.3 is 14.5 Å². The van der Waals surface area contributed by atoms with Crippen molar-refractivity contribution in [2.45, 2.75) is 52.1 Å². The lowest BCUT2D eigenvalue weighted by molar-refractivity contribution is -0.140. The zero-order valence-corrected chi connectivity index (χ0v) is 18.0. The molecule has 1 aliphatic heterocycles. The Labute approximate surface area is 131 Å². The fourth-order valence-electron chi connectivity index (χ4n) is 2.70. The highest BCUT2D eigenvalue weighted by atomic mass is 29.7. The van der Waals surface area contributed by atoms with Crippen molar-refractivity contribution in [1.29, 1.82) is 0 Å². The molecule has 0 aromatic carbocycles. The first-order chi connectivity index (χ1) is 9.39. The number of carbonyl (C=O) groups excluding carboxylic acids is 1. The molecule has 0 radical (unpaired) electrons. The van der Waals surface area contributed by atoms with Crippen molar-refractivity contribution in [1.82, 2.24) is 0 Å². The largest absolute Gasteiger partial charge is 0.466 e. The number of rotatable bonds is 6. The molecule has 1 N–H and O–H groups in total. The third-order valence-electron chi connectivity index (χ3n) is 4.41. The Kier molecular flexibility index (Phi) is 5.63. The van der Waals surface area contributed by atoms with Gasteiger partial charge in [-0.2, -0.15) is 0 Å². The van der Waals surface area contributed by atoms with E-state index in [2.05, 4.69) is 26.2 Å². The van der Waals surface area contributed by atoms with E-state index in [1.807, 2.05) is 18.8 Å². The summed E-state index contributed by atoms with van der Waals surface area (Å²) in [7, 11) is -9.20. The van der Waals surface area contributed by atoms with Crippen molar-refractivity contribution in [3.8, 4) is 0 Å². The fourth-order valence-corrected chi connectivity index (χ4v) is 46.0. The second-order valence-electron chi connectivity index (χ2n) is 6.77. The average molecular weight is 365 g/mol. The third kappa shape index (κ3) is 3.84. The molecular formula is C12H28O5Si4. The fraction of sp³-hybridized carbons (Fsp3) is 0.750. The van der Waals surface area contributed by atoms with Gasteiger partial charge in [0.15, 0.2) is 15.7 Å². The highest BCUT2D eigenvalue weighted by molar-refractivity contribution is 7.66. The van der Waals surface area contributed by atoms with Crippen LogP contribution in [0, 0.1) is 0 Å². The molecule has 5 nitrogen and oxygen atoms in total. The Balaban J connectivity index is 2.87. The highest BCUT2D eigenvalue weighted by Gasteiger charge is 2.69. The van der Waals surface area contributed by atoms with Gasteiger partial charge in [-0.05, 0) is 45.2 Å². The summed E-state index contributed by atoms with van der Waals surface area (Å²) in [5.74, 6) is -0.268. The second-order valence-corrected chi connectivity index (χ2v) is 33.6. The number of carbonyl (C=O) groups is 1. The van der Waals surface area contributed by atoms with Gasteiger partial charge in [-0.15, -0.1) is 6.58 Å². The van der Waals surface area contributed by atoms with Gasteiger partial charge in [0.1, 0.15) is 0 Å². The van der Waals surface area contributed by atoms with Crippen LogP contribution in [0.15, 0.2) is 12.3 Å². The van der Waals surface area contributed by atoms with Crippen molar-refractivity contribution in [3.63, 3.8) is 0 Å². The van der Waals surface area contributed by atoms with Gasteiger partial charge in [0.2, 0.25) is 7.35 Å². The monoisotopic (exact) mass is 364 g/mol. The lowest BCUT2D eigenvalue weighted by Gasteiger charge is -2.39. The van der Waals surface area contributed by atoms with Crippen molar-refractivity contribution in [2.24, 2.45) is 0 Å². The van der Waals surface area contributed by atoms with Gasteiger partial charge in [-0.1, -0.05) is 5.70 Å². The maximum absolute atomic E-state index is 10.8. The molecule has 0 amide bonds. The zero-order valence-electron chi connectivity index (χ0n) is 14.0. The lowest BCUT2D eigenvalue weighted by atomic mass is 10.5. The quantitative estimate of drug-likeness (QED) is 0.445. The molecule has 0 saturated carbocycles. The van der Waals surface area contributed by atoms with Crippen LogP contribution in [0.1, 0.15) is 13.3 Å². The van der Waals surface area contributed by atoms with Crippen LogP contribution in [0.2, 0.25) is 38.8 Å². The minimum Gasteiger partial charge on any atom is -0.466 e. The summed E-state index contributed by atoms with van der Waals surface area (Å²) in [5.41, 5.74) is 1.84. The molecule has 1 fully saturated rings. The summed E-state index contributed by atoms with van der Waals surface area (Å²) in [4.78, 5) is 21.6. The van der Waals surface area contributed by atoms with E-state index >= 15 is 0 Å². The SMILES string of the molecule is C=C[Si]1(CCCOC(C)=O)O[Si](C)(C)[Si](C)([Si](C)(C)O)O1. The van der Waals surface area contributed by atoms with Gasteiger partial charge < -0.3 is 17.8 Å². The van der Waals surface area contributed by atoms with E-state index in [4.69, 9.17) is 13.0 Å². The molecule has 0 spiro atoms. The minimum atomic E-state index is -2.49. The lowest BCUT2D eigenvalue weighted by Crippen LogP contribution is -2.71. The summed E-state index contributed by atoms with van der Waals surface area (Å²) in [6.45, 7) is 16.1. The maximum Gasteiger partial charge on any atom is 0.343 e. The molecule has 2 unspecified atom stereocenters. The van der Waals surface area contributed by atoms with E-state index in [0.717, 1.165) is 6.04 Å². The van der Waals surface area contributed by atoms with E-state index in [1.54, 1.807) is 0 Å². The van der Waals surface area contributed by atoms with Crippen LogP contribution >= 0.6 is 0 Å². The van der Waals surface area contributed by atoms with E-state index in [0.29, 0.717) is 13.0 Å². The van der Waals surface area contributed by atoms with Gasteiger partial charge in [0.05, 0.1) is 6.61 Å². The van der Waals surface area contributed by atoms with Gasteiger partial charge in [0, 0.05) is 6.92 Å². The number of hydrogen-bond acceptors (Lipinski definition) is 5. The second kappa shape index (κ2) is 6.22. The summed E-state index contributed by atoms with van der Waals surface area (Å²) in [6.07, 6.45) is 0.709. The molecule has 1 saturated heterocycles. The Bertz CT molecular complexity index is 422. The van der Waals surface area contributed by atoms with Crippen LogP contribution in [-0.2, 0) is 17.8 Å². The first-order valence-electron chi connectivity index (χ1n) is 7.29. The van der Waals surface area contributed by atoms with E-state index < -0.39 is 31.6 Å². The van der Waals surface area contributed by atoms with Crippen LogP contribution in [0.25, 0.3) is 0 Å². The number of ether oxygens (including phenoxy) is 1. The summed E-state index contributed by atoms with van der Waals surface area (Å²) >= 11 is 0. The van der Waals surface area contributed by atoms with Crippen LogP contribution in [0.4, 0.5) is 0 Å². The molecule has 122 valence electrons. The average Bonchev–Trinajstić information content (AvgIpc) is 2.53. The minimum absolute atomic E-state index is 0.268. The van der Waals surface area contributed by atoms with E-state index in [1.165, 1.54) is 6.92 Å². The van der Waals surface area contributed by atoms with Gasteiger partial charge in [-0.25, -0.2) is 0 Å². The molecule has 0 aromatic heterocycles. The van der Waals surface area contributed by atoms with Crippen LogP contribution in [0.5, 0.6) is 0 Å². The third-order valence-corrected chi connectivity index (χ3v) is 44.7. The smallest absolute Gasteiger partial charge is 0.343 e. The Hall–Kier alpha value is -0.0425. The number of hydrogen-bond donors (Lipinski definition) is 1. The van der Waals surface area contributed by atoms with Gasteiger partial charge in [0.25, 0.3) is 0 Å². The predicted molar refractivity (Wildman–Crippen MR) is 93.0 cm³/mol. The molecule has 0 aliphatic carbocycles. The molecule has 0 bridgehead atoms. The van der Waals surface area contributed by atoms with E-state index in [9.17, 15) is 9.59 Å². The molecule has 21 heavy (non-hydrogen) atoms. The van der Waals surface area contributed by atoms with E-state index in [-0.39, 0.29) is 5.97 Å². The predicted octanol–water partition coefficient (Wildman–Crippen LogP) is 2.29. The molecule has 2 atom stereocenters. The maximum atomic E-state index is 10.8. The normalized spacial score (nSPS) is 32.0. The topological polar surface area (TPSA) is 65.0 Å². The molecule has 1 rings (SSSR count). The first-order valence-corrected chi connectivity index (χ1v) is 19.7. The van der Waals surface area contributed by atoms with Crippen molar-refractivity contribution < 1.29 is 22.6 Å². The Morgan fingerprint density at radius 1 is 1.33 bits per heavy atom. The zero-order chi connectivity index (χ0) is 16.5. The number of esters is 1. The molecule has 1 aliphatic rings. The first kappa shape index (κ1) is 19.0. The van der Waals surface area contributed by atoms with Gasteiger partial charge in [-0.3, -0.25) is 4.79 Å². The Morgan fingerprint density at radius 2 is 1.90 bits per heavy atom. The van der Waals surface area contributed by atoms with Crippen molar-refractivity contribution in [3.05, 3.63) is 12.3 Å². The molecule has 9 heteroatoms. The van der Waals surface area contributed by atoms with Crippen molar-refractivity contribution in [2.75, 3.05) is 6.61 Å².